The number of hydrogen-bond donors (Lipinski definition) is 1. The molecule has 1 saturated heterocycles. The number of rotatable bonds is 8. The molecule has 236 valence electrons. The first-order valence-corrected chi connectivity index (χ1v) is 16.0. The van der Waals surface area contributed by atoms with Gasteiger partial charge in [0.1, 0.15) is 6.10 Å². The predicted octanol–water partition coefficient (Wildman–Crippen LogP) is 5.84. The zero-order chi connectivity index (χ0) is 31.0. The lowest BCUT2D eigenvalue weighted by atomic mass is 9.48. The Morgan fingerprint density at radius 3 is 2.70 bits per heavy atom. The number of halogens is 3. The van der Waals surface area contributed by atoms with E-state index in [0.717, 1.165) is 43.6 Å². The number of aliphatic hydroxyl groups is 1. The zero-order valence-electron chi connectivity index (χ0n) is 25.6. The molecule has 7 rings (SSSR count). The maximum absolute atomic E-state index is 14.0. The summed E-state index contributed by atoms with van der Waals surface area (Å²) >= 11 is 0. The number of nitrogens with zero attached hydrogens (tertiary/aromatic N) is 2. The van der Waals surface area contributed by atoms with Crippen LogP contribution >= 0.6 is 0 Å². The van der Waals surface area contributed by atoms with Crippen LogP contribution in [0.4, 0.5) is 13.2 Å². The number of ether oxygens (including phenoxy) is 2. The molecule has 0 radical (unpaired) electrons. The van der Waals surface area contributed by atoms with Crippen molar-refractivity contribution in [2.24, 2.45) is 11.8 Å². The Morgan fingerprint density at radius 2 is 2.00 bits per heavy atom. The van der Waals surface area contributed by atoms with Gasteiger partial charge in [0.2, 0.25) is 5.91 Å². The van der Waals surface area contributed by atoms with Gasteiger partial charge in [-0.1, -0.05) is 32.0 Å². The Labute approximate surface area is 256 Å². The second-order valence-electron chi connectivity index (χ2n) is 13.9. The van der Waals surface area contributed by atoms with E-state index in [4.69, 9.17) is 9.47 Å². The summed E-state index contributed by atoms with van der Waals surface area (Å²) in [7, 11) is 1.63. The Morgan fingerprint density at radius 1 is 1.20 bits per heavy atom. The van der Waals surface area contributed by atoms with Gasteiger partial charge >= 0.3 is 6.18 Å². The fraction of sp³-hybridized carbons (Fsp3) is 0.571. The highest BCUT2D eigenvalue weighted by Crippen LogP contribution is 2.66. The summed E-state index contributed by atoms with van der Waals surface area (Å²) in [4.78, 5) is 18.3. The summed E-state index contributed by atoms with van der Waals surface area (Å²) < 4.78 is 52.6. The van der Waals surface area contributed by atoms with E-state index in [-0.39, 0.29) is 23.9 Å². The molecular formula is C35H41F3N2O4. The van der Waals surface area contributed by atoms with Crippen molar-refractivity contribution < 1.29 is 32.5 Å². The van der Waals surface area contributed by atoms with Crippen LogP contribution in [0.3, 0.4) is 0 Å². The molecule has 1 spiro atoms. The monoisotopic (exact) mass is 610 g/mol. The summed E-state index contributed by atoms with van der Waals surface area (Å²) in [6, 6.07) is 8.72. The van der Waals surface area contributed by atoms with Crippen molar-refractivity contribution in [1.82, 2.24) is 9.80 Å². The highest BCUT2D eigenvalue weighted by Gasteiger charge is 2.73. The van der Waals surface area contributed by atoms with Crippen LogP contribution in [0.2, 0.25) is 0 Å². The quantitative estimate of drug-likeness (QED) is 0.381. The number of methoxy groups -OCH3 is 1. The van der Waals surface area contributed by atoms with Crippen molar-refractivity contribution in [3.05, 3.63) is 64.7 Å². The van der Waals surface area contributed by atoms with Gasteiger partial charge in [-0.25, -0.2) is 0 Å². The SMILES string of the molecule is COc1ccc2c3c1OC1C(N(CC(C)C)C(=O)/C=C/c4cccc(C(F)(F)F)c4)CC[C@@]4(O)[C@@H](C2)N(CC2CC2)CC[C@]314. The van der Waals surface area contributed by atoms with Gasteiger partial charge in [0, 0.05) is 30.8 Å². The second kappa shape index (κ2) is 10.5. The van der Waals surface area contributed by atoms with E-state index in [9.17, 15) is 23.1 Å². The summed E-state index contributed by atoms with van der Waals surface area (Å²) in [5, 5.41) is 12.9. The van der Waals surface area contributed by atoms with Gasteiger partial charge in [0.25, 0.3) is 0 Å². The van der Waals surface area contributed by atoms with Crippen LogP contribution in [0, 0.1) is 11.8 Å². The third-order valence-electron chi connectivity index (χ3n) is 10.8. The van der Waals surface area contributed by atoms with Crippen LogP contribution in [0.1, 0.15) is 68.2 Å². The number of likely N-dealkylation sites (tertiary alicyclic amines) is 1. The molecule has 2 bridgehead atoms. The first-order chi connectivity index (χ1) is 21.0. The van der Waals surface area contributed by atoms with Gasteiger partial charge in [-0.15, -0.1) is 0 Å². The number of hydrogen-bond acceptors (Lipinski definition) is 5. The van der Waals surface area contributed by atoms with Crippen molar-refractivity contribution in [2.75, 3.05) is 26.7 Å². The van der Waals surface area contributed by atoms with Gasteiger partial charge in [-0.05, 0) is 92.3 Å². The van der Waals surface area contributed by atoms with Crippen molar-refractivity contribution >= 4 is 12.0 Å². The lowest BCUT2D eigenvalue weighted by molar-refractivity contribution is -0.201. The molecule has 5 atom stereocenters. The van der Waals surface area contributed by atoms with Gasteiger partial charge in [-0.2, -0.15) is 13.2 Å². The van der Waals surface area contributed by atoms with Crippen molar-refractivity contribution in [2.45, 2.75) is 87.8 Å². The lowest BCUT2D eigenvalue weighted by Crippen LogP contribution is -2.78. The second-order valence-corrected chi connectivity index (χ2v) is 13.9. The van der Waals surface area contributed by atoms with E-state index in [2.05, 4.69) is 11.0 Å². The van der Waals surface area contributed by atoms with Crippen molar-refractivity contribution in [1.29, 1.82) is 0 Å². The topological polar surface area (TPSA) is 62.2 Å². The molecule has 0 aromatic heterocycles. The number of piperidine rings is 1. The molecule has 3 aliphatic carbocycles. The molecule has 2 aromatic carbocycles. The van der Waals surface area contributed by atoms with Crippen LogP contribution < -0.4 is 9.47 Å². The molecular weight excluding hydrogens is 569 g/mol. The molecule has 9 heteroatoms. The highest BCUT2D eigenvalue weighted by molar-refractivity contribution is 5.92. The standard InChI is InChI=1S/C35H41F3N2O4/c1-21(2)19-40(29(41)12-9-22-5-4-6-25(17-22)35(36,37)38)26-13-14-34(42)28-18-24-10-11-27(43-3)31-30(24)33(34,32(26)44-31)15-16-39(28)20-23-7-8-23/h4-6,9-12,17,21,23,26,28,32,42H,7-8,13-16,18-20H2,1-3H3/b12-9+/t26?,28-,32?,33+,34-/m1/s1. The number of benzene rings is 2. The average Bonchev–Trinajstić information content (AvgIpc) is 3.73. The van der Waals surface area contributed by atoms with E-state index in [0.29, 0.717) is 42.4 Å². The largest absolute Gasteiger partial charge is 0.493 e. The molecule has 2 unspecified atom stereocenters. The third-order valence-corrected chi connectivity index (χ3v) is 10.8. The van der Waals surface area contributed by atoms with Gasteiger partial charge in [0.05, 0.1) is 29.7 Å². The number of carbonyl (C=O) groups excluding carboxylic acids is 1. The molecule has 2 aliphatic heterocycles. The van der Waals surface area contributed by atoms with Crippen LogP contribution in [0.15, 0.2) is 42.5 Å². The minimum Gasteiger partial charge on any atom is -0.493 e. The summed E-state index contributed by atoms with van der Waals surface area (Å²) in [5.41, 5.74) is 0.105. The van der Waals surface area contributed by atoms with Crippen LogP contribution in [-0.4, -0.2) is 71.3 Å². The summed E-state index contributed by atoms with van der Waals surface area (Å²) in [5.74, 6) is 1.90. The van der Waals surface area contributed by atoms with Gasteiger partial charge < -0.3 is 19.5 Å². The average molecular weight is 611 g/mol. The molecule has 44 heavy (non-hydrogen) atoms. The van der Waals surface area contributed by atoms with E-state index < -0.39 is 28.9 Å². The van der Waals surface area contributed by atoms with Gasteiger partial charge in [0.15, 0.2) is 11.5 Å². The number of carbonyl (C=O) groups is 1. The Bertz CT molecular complexity index is 1490. The van der Waals surface area contributed by atoms with E-state index in [1.165, 1.54) is 36.6 Å². The maximum Gasteiger partial charge on any atom is 0.416 e. The predicted molar refractivity (Wildman–Crippen MR) is 160 cm³/mol. The minimum atomic E-state index is -4.46. The lowest BCUT2D eigenvalue weighted by Gasteiger charge is -2.65. The van der Waals surface area contributed by atoms with E-state index >= 15 is 0 Å². The fourth-order valence-electron chi connectivity index (χ4n) is 8.79. The number of alkyl halides is 3. The zero-order valence-corrected chi connectivity index (χ0v) is 25.6. The smallest absolute Gasteiger partial charge is 0.416 e. The maximum atomic E-state index is 14.0. The minimum absolute atomic E-state index is 0.0224. The summed E-state index contributed by atoms with van der Waals surface area (Å²) in [6.45, 7) is 6.43. The molecule has 2 heterocycles. The van der Waals surface area contributed by atoms with Crippen LogP contribution in [-0.2, 0) is 22.8 Å². The molecule has 2 saturated carbocycles. The Hall–Kier alpha value is -3.04. The molecule has 5 aliphatic rings. The number of amides is 1. The molecule has 2 aromatic rings. The first-order valence-electron chi connectivity index (χ1n) is 16.0. The molecule has 1 N–H and O–H groups in total. The van der Waals surface area contributed by atoms with Crippen LogP contribution in [0.25, 0.3) is 6.08 Å². The van der Waals surface area contributed by atoms with E-state index in [1.807, 2.05) is 24.8 Å². The molecule has 3 fully saturated rings. The Kier molecular flexibility index (Phi) is 7.09. The normalized spacial score (nSPS) is 30.8. The molecule has 1 amide bonds. The molecule has 6 nitrogen and oxygen atoms in total. The third kappa shape index (κ3) is 4.56. The van der Waals surface area contributed by atoms with Gasteiger partial charge in [-0.3, -0.25) is 9.69 Å². The summed E-state index contributed by atoms with van der Waals surface area (Å²) in [6.07, 6.45) is 3.00. The van der Waals surface area contributed by atoms with Crippen LogP contribution in [0.5, 0.6) is 11.5 Å². The van der Waals surface area contributed by atoms with Crippen molar-refractivity contribution in [3.63, 3.8) is 0 Å². The van der Waals surface area contributed by atoms with Crippen molar-refractivity contribution in [3.8, 4) is 11.5 Å². The van der Waals surface area contributed by atoms with E-state index in [1.54, 1.807) is 13.2 Å². The highest BCUT2D eigenvalue weighted by atomic mass is 19.4. The Balaban J connectivity index is 1.26. The fourth-order valence-corrected chi connectivity index (χ4v) is 8.79. The first kappa shape index (κ1) is 29.7.